The van der Waals surface area contributed by atoms with Crippen molar-refractivity contribution in [1.82, 2.24) is 0 Å². The monoisotopic (exact) mass is 267 g/mol. The first-order valence-corrected chi connectivity index (χ1v) is 6.74. The number of nitrogens with zero attached hydrogens (tertiary/aromatic N) is 1. The highest BCUT2D eigenvalue weighted by Gasteiger charge is 2.03. The molecule has 0 aromatic heterocycles. The van der Waals surface area contributed by atoms with Crippen LogP contribution < -0.4 is 16.6 Å². The molecule has 2 aromatic carbocycles. The summed E-state index contributed by atoms with van der Waals surface area (Å²) in [6, 6.07) is 18.0. The molecule has 0 fully saturated rings. The van der Waals surface area contributed by atoms with Crippen molar-refractivity contribution in [2.45, 2.75) is 19.8 Å². The molecule has 0 amide bonds. The SMILES string of the molecule is CC(C)c1ccc(N(N)/C=C(\N)c2ccccc2)cc1. The zero-order valence-electron chi connectivity index (χ0n) is 12.0. The Hall–Kier alpha value is -2.26. The molecule has 0 atom stereocenters. The quantitative estimate of drug-likeness (QED) is 0.659. The molecule has 0 spiro atoms. The van der Waals surface area contributed by atoms with Crippen LogP contribution in [0.3, 0.4) is 0 Å². The van der Waals surface area contributed by atoms with Crippen LogP contribution in [-0.4, -0.2) is 0 Å². The van der Waals surface area contributed by atoms with E-state index in [4.69, 9.17) is 11.6 Å². The van der Waals surface area contributed by atoms with Crippen LogP contribution >= 0.6 is 0 Å². The van der Waals surface area contributed by atoms with Crippen molar-refractivity contribution >= 4 is 11.4 Å². The van der Waals surface area contributed by atoms with E-state index in [9.17, 15) is 0 Å². The maximum Gasteiger partial charge on any atom is 0.0569 e. The first-order valence-electron chi connectivity index (χ1n) is 6.74. The van der Waals surface area contributed by atoms with Gasteiger partial charge in [-0.05, 0) is 29.2 Å². The Bertz CT molecular complexity index is 571. The van der Waals surface area contributed by atoms with Gasteiger partial charge in [-0.1, -0.05) is 56.3 Å². The highest BCUT2D eigenvalue weighted by Crippen LogP contribution is 2.19. The summed E-state index contributed by atoms with van der Waals surface area (Å²) in [5.74, 6) is 6.55. The van der Waals surface area contributed by atoms with Gasteiger partial charge in [0.15, 0.2) is 0 Å². The lowest BCUT2D eigenvalue weighted by Crippen LogP contribution is -2.25. The number of hydrogen-bond donors (Lipinski definition) is 2. The van der Waals surface area contributed by atoms with Gasteiger partial charge < -0.3 is 5.73 Å². The highest BCUT2D eigenvalue weighted by atomic mass is 15.4. The van der Waals surface area contributed by atoms with E-state index < -0.39 is 0 Å². The van der Waals surface area contributed by atoms with E-state index in [1.54, 1.807) is 11.2 Å². The average Bonchev–Trinajstić information content (AvgIpc) is 2.48. The number of hydrogen-bond acceptors (Lipinski definition) is 3. The zero-order chi connectivity index (χ0) is 14.5. The van der Waals surface area contributed by atoms with Crippen LogP contribution in [0.4, 0.5) is 5.69 Å². The number of hydrazine groups is 1. The normalized spacial score (nSPS) is 11.7. The molecule has 3 heteroatoms. The van der Waals surface area contributed by atoms with Crippen molar-refractivity contribution in [2.24, 2.45) is 11.6 Å². The molecular formula is C17H21N3. The van der Waals surface area contributed by atoms with Gasteiger partial charge in [0.25, 0.3) is 0 Å². The van der Waals surface area contributed by atoms with Gasteiger partial charge in [0, 0.05) is 6.20 Å². The maximum atomic E-state index is 6.05. The lowest BCUT2D eigenvalue weighted by Gasteiger charge is -2.16. The van der Waals surface area contributed by atoms with Gasteiger partial charge in [0.2, 0.25) is 0 Å². The lowest BCUT2D eigenvalue weighted by atomic mass is 10.0. The molecule has 0 saturated carbocycles. The minimum absolute atomic E-state index is 0.514. The maximum absolute atomic E-state index is 6.05. The van der Waals surface area contributed by atoms with Gasteiger partial charge >= 0.3 is 0 Å². The van der Waals surface area contributed by atoms with Gasteiger partial charge in [-0.2, -0.15) is 0 Å². The first-order chi connectivity index (χ1) is 9.58. The molecule has 0 unspecified atom stereocenters. The molecule has 0 bridgehead atoms. The van der Waals surface area contributed by atoms with E-state index in [2.05, 4.69) is 26.0 Å². The fourth-order valence-electron chi connectivity index (χ4n) is 1.96. The van der Waals surface area contributed by atoms with Crippen LogP contribution in [0.1, 0.15) is 30.9 Å². The Morgan fingerprint density at radius 2 is 1.60 bits per heavy atom. The summed E-state index contributed by atoms with van der Waals surface area (Å²) >= 11 is 0. The molecule has 4 N–H and O–H groups in total. The number of rotatable bonds is 4. The van der Waals surface area contributed by atoms with E-state index in [1.807, 2.05) is 42.5 Å². The van der Waals surface area contributed by atoms with Crippen LogP contribution in [0.5, 0.6) is 0 Å². The third-order valence-electron chi connectivity index (χ3n) is 3.24. The minimum atomic E-state index is 0.514. The summed E-state index contributed by atoms with van der Waals surface area (Å²) in [5.41, 5.74) is 9.85. The molecule has 0 saturated heterocycles. The van der Waals surface area contributed by atoms with Gasteiger partial charge in [-0.3, -0.25) is 5.01 Å². The molecule has 0 aliphatic rings. The van der Waals surface area contributed by atoms with E-state index in [-0.39, 0.29) is 0 Å². The molecule has 2 aromatic rings. The van der Waals surface area contributed by atoms with Gasteiger partial charge in [0.1, 0.15) is 0 Å². The Labute approximate surface area is 120 Å². The smallest absolute Gasteiger partial charge is 0.0569 e. The van der Waals surface area contributed by atoms with E-state index in [1.165, 1.54) is 5.56 Å². The van der Waals surface area contributed by atoms with Gasteiger partial charge in [-0.25, -0.2) is 5.84 Å². The number of nitrogens with two attached hydrogens (primary N) is 2. The van der Waals surface area contributed by atoms with E-state index in [0.29, 0.717) is 11.6 Å². The lowest BCUT2D eigenvalue weighted by molar-refractivity contribution is 0.866. The third-order valence-corrected chi connectivity index (χ3v) is 3.24. The summed E-state index contributed by atoms with van der Waals surface area (Å²) in [6.07, 6.45) is 1.74. The Morgan fingerprint density at radius 1 is 1.00 bits per heavy atom. The number of anilines is 1. The first kappa shape index (κ1) is 14.2. The minimum Gasteiger partial charge on any atom is -0.397 e. The second-order valence-corrected chi connectivity index (χ2v) is 5.10. The van der Waals surface area contributed by atoms with Crippen molar-refractivity contribution in [2.75, 3.05) is 5.01 Å². The van der Waals surface area contributed by atoms with Crippen LogP contribution in [0.25, 0.3) is 5.70 Å². The van der Waals surface area contributed by atoms with Gasteiger partial charge in [-0.15, -0.1) is 0 Å². The van der Waals surface area contributed by atoms with Crippen LogP contribution in [0.2, 0.25) is 0 Å². The Morgan fingerprint density at radius 3 is 2.15 bits per heavy atom. The largest absolute Gasteiger partial charge is 0.397 e. The molecule has 0 heterocycles. The molecule has 104 valence electrons. The summed E-state index contributed by atoms with van der Waals surface area (Å²) < 4.78 is 0. The molecule has 3 nitrogen and oxygen atoms in total. The average molecular weight is 267 g/mol. The van der Waals surface area contributed by atoms with Crippen molar-refractivity contribution in [3.05, 3.63) is 71.9 Å². The second-order valence-electron chi connectivity index (χ2n) is 5.10. The van der Waals surface area contributed by atoms with Gasteiger partial charge in [0.05, 0.1) is 11.4 Å². The summed E-state index contributed by atoms with van der Waals surface area (Å²) in [7, 11) is 0. The van der Waals surface area contributed by atoms with Crippen LogP contribution in [0, 0.1) is 0 Å². The fourth-order valence-corrected chi connectivity index (χ4v) is 1.96. The summed E-state index contributed by atoms with van der Waals surface area (Å²) in [4.78, 5) is 0. The van der Waals surface area contributed by atoms with E-state index >= 15 is 0 Å². The topological polar surface area (TPSA) is 55.3 Å². The van der Waals surface area contributed by atoms with Crippen molar-refractivity contribution in [3.8, 4) is 0 Å². The third kappa shape index (κ3) is 3.39. The molecule has 2 rings (SSSR count). The standard InChI is InChI=1S/C17H21N3/c1-13(2)14-8-10-16(11-9-14)20(19)12-17(18)15-6-4-3-5-7-15/h3-13H,18-19H2,1-2H3/b17-12-. The fraction of sp³-hybridized carbons (Fsp3) is 0.176. The highest BCUT2D eigenvalue weighted by molar-refractivity contribution is 5.66. The number of benzene rings is 2. The summed E-state index contributed by atoms with van der Waals surface area (Å²) in [5, 5.41) is 1.55. The zero-order valence-corrected chi connectivity index (χ0v) is 12.0. The van der Waals surface area contributed by atoms with E-state index in [0.717, 1.165) is 11.3 Å². The molecule has 0 radical (unpaired) electrons. The molecule has 0 aliphatic carbocycles. The molecular weight excluding hydrogens is 246 g/mol. The molecule has 0 aliphatic heterocycles. The predicted molar refractivity (Wildman–Crippen MR) is 85.8 cm³/mol. The molecule has 20 heavy (non-hydrogen) atoms. The predicted octanol–water partition coefficient (Wildman–Crippen LogP) is 3.45. The summed E-state index contributed by atoms with van der Waals surface area (Å²) in [6.45, 7) is 4.34. The van der Waals surface area contributed by atoms with Crippen molar-refractivity contribution < 1.29 is 0 Å². The van der Waals surface area contributed by atoms with Crippen LogP contribution in [-0.2, 0) is 0 Å². The van der Waals surface area contributed by atoms with Crippen molar-refractivity contribution in [3.63, 3.8) is 0 Å². The van der Waals surface area contributed by atoms with Crippen LogP contribution in [0.15, 0.2) is 60.8 Å². The Balaban J connectivity index is 2.17. The second kappa shape index (κ2) is 6.26. The van der Waals surface area contributed by atoms with Crippen molar-refractivity contribution in [1.29, 1.82) is 0 Å². The Kier molecular flexibility index (Phi) is 4.43.